The zero-order valence-electron chi connectivity index (χ0n) is 11.7. The summed E-state index contributed by atoms with van der Waals surface area (Å²) in [5.41, 5.74) is 6.24. The van der Waals surface area contributed by atoms with Crippen molar-refractivity contribution < 1.29 is 29.4 Å². The molecule has 0 radical (unpaired) electrons. The van der Waals surface area contributed by atoms with E-state index in [1.54, 1.807) is 22.6 Å². The van der Waals surface area contributed by atoms with Gasteiger partial charge in [-0.1, -0.05) is 0 Å². The molecule has 0 aliphatic rings. The highest BCUT2D eigenvalue weighted by atomic mass is 127. The highest BCUT2D eigenvalue weighted by molar-refractivity contribution is 14.1. The van der Waals surface area contributed by atoms with Crippen LogP contribution in [0.1, 0.15) is 20.7 Å². The van der Waals surface area contributed by atoms with Gasteiger partial charge in [-0.05, 0) is 67.8 Å². The first-order valence-corrected chi connectivity index (χ1v) is 9.27. The molecule has 0 bridgehead atoms. The number of nitrogens with two attached hydrogens (primary N) is 1. The summed E-state index contributed by atoms with van der Waals surface area (Å²) in [5.74, 6) is -3.82. The predicted molar refractivity (Wildman–Crippen MR) is 109 cm³/mol. The van der Waals surface area contributed by atoms with Gasteiger partial charge in [0.2, 0.25) is 0 Å². The Hall–Kier alpha value is -0.910. The Balaban J connectivity index is 3.36. The van der Waals surface area contributed by atoms with Crippen molar-refractivity contribution in [1.82, 2.24) is 10.6 Å². The highest BCUT2D eigenvalue weighted by Gasteiger charge is 2.27. The second kappa shape index (κ2) is 8.97. The van der Waals surface area contributed by atoms with E-state index in [9.17, 15) is 19.2 Å². The topological polar surface area (TPSA) is 159 Å². The van der Waals surface area contributed by atoms with Gasteiger partial charge in [-0.15, -0.1) is 0 Å². The number of carboxylic acid groups (broad SMARTS) is 2. The Morgan fingerprint density at radius 2 is 1.12 bits per heavy atom. The number of hydrogen-bond donors (Lipinski definition) is 5. The Bertz CT molecular complexity index is 680. The van der Waals surface area contributed by atoms with Gasteiger partial charge < -0.3 is 26.6 Å². The number of rotatable bonds is 6. The van der Waals surface area contributed by atoms with Crippen LogP contribution in [0.15, 0.2) is 0 Å². The molecule has 1 aromatic carbocycles. The van der Waals surface area contributed by atoms with Crippen LogP contribution in [0.25, 0.3) is 0 Å². The Morgan fingerprint density at radius 3 is 1.42 bits per heavy atom. The monoisotopic (exact) mass is 673 g/mol. The molecule has 12 heteroatoms. The molecule has 1 aromatic rings. The van der Waals surface area contributed by atoms with Crippen molar-refractivity contribution in [3.63, 3.8) is 0 Å². The summed E-state index contributed by atoms with van der Waals surface area (Å²) in [5, 5.41) is 21.7. The van der Waals surface area contributed by atoms with Gasteiger partial charge in [0.05, 0.1) is 24.0 Å². The molecule has 2 amide bonds. The summed E-state index contributed by atoms with van der Waals surface area (Å²) in [6, 6.07) is 0. The normalized spacial score (nSPS) is 10.1. The smallest absolute Gasteiger partial charge is 0.322 e. The van der Waals surface area contributed by atoms with Gasteiger partial charge in [-0.3, -0.25) is 19.2 Å². The van der Waals surface area contributed by atoms with Crippen LogP contribution in [-0.4, -0.2) is 47.1 Å². The fourth-order valence-corrected chi connectivity index (χ4v) is 5.72. The maximum atomic E-state index is 12.2. The lowest BCUT2D eigenvalue weighted by Crippen LogP contribution is -2.34. The van der Waals surface area contributed by atoms with Crippen LogP contribution in [0, 0.1) is 10.7 Å². The third-order valence-corrected chi connectivity index (χ3v) is 5.93. The second-order valence-electron chi connectivity index (χ2n) is 4.26. The van der Waals surface area contributed by atoms with Crippen molar-refractivity contribution in [1.29, 1.82) is 0 Å². The Morgan fingerprint density at radius 1 is 0.792 bits per heavy atom. The third-order valence-electron chi connectivity index (χ3n) is 2.61. The Kier molecular flexibility index (Phi) is 7.90. The highest BCUT2D eigenvalue weighted by Crippen LogP contribution is 2.33. The molecular formula is C12H10I3N3O6. The minimum Gasteiger partial charge on any atom is -0.480 e. The van der Waals surface area contributed by atoms with E-state index in [0.717, 1.165) is 0 Å². The van der Waals surface area contributed by atoms with Crippen molar-refractivity contribution in [2.24, 2.45) is 0 Å². The van der Waals surface area contributed by atoms with E-state index < -0.39 is 36.8 Å². The number of carboxylic acids is 2. The summed E-state index contributed by atoms with van der Waals surface area (Å²) < 4.78 is 1.000. The summed E-state index contributed by atoms with van der Waals surface area (Å²) in [7, 11) is 0. The summed E-state index contributed by atoms with van der Waals surface area (Å²) >= 11 is 5.44. The minimum atomic E-state index is -1.22. The van der Waals surface area contributed by atoms with E-state index >= 15 is 0 Å². The minimum absolute atomic E-state index is 0.0656. The molecule has 0 atom stereocenters. The van der Waals surface area contributed by atoms with E-state index in [1.807, 2.05) is 45.2 Å². The van der Waals surface area contributed by atoms with Crippen LogP contribution in [-0.2, 0) is 9.59 Å². The van der Waals surface area contributed by atoms with Crippen molar-refractivity contribution >= 4 is 97.2 Å². The molecule has 0 unspecified atom stereocenters. The van der Waals surface area contributed by atoms with E-state index in [2.05, 4.69) is 10.6 Å². The first-order valence-electron chi connectivity index (χ1n) is 6.03. The molecule has 0 saturated carbocycles. The predicted octanol–water partition coefficient (Wildman–Crippen LogP) is 0.711. The Labute approximate surface area is 176 Å². The molecule has 24 heavy (non-hydrogen) atoms. The quantitative estimate of drug-likeness (QED) is 0.220. The second-order valence-corrected chi connectivity index (χ2v) is 7.49. The number of nitrogens with one attached hydrogen (secondary N) is 2. The van der Waals surface area contributed by atoms with E-state index in [4.69, 9.17) is 15.9 Å². The number of carbonyl (C=O) groups is 4. The van der Waals surface area contributed by atoms with E-state index in [1.165, 1.54) is 0 Å². The molecule has 0 aromatic heterocycles. The number of halogens is 3. The first-order chi connectivity index (χ1) is 11.1. The van der Waals surface area contributed by atoms with Gasteiger partial charge in [-0.25, -0.2) is 0 Å². The largest absolute Gasteiger partial charge is 0.480 e. The number of nitrogen functional groups attached to an aromatic ring is 1. The van der Waals surface area contributed by atoms with Crippen molar-refractivity contribution in [2.45, 2.75) is 0 Å². The molecule has 0 aliphatic heterocycles. The standard InChI is InChI=1S/C12H10I3N3O6/c13-7-5(11(23)17-1-3(19)20)8(14)10(16)9(15)6(7)12(24)18-2-4(21)22/h1-2,16H2,(H,17,23)(H,18,24)(H,19,20)(H,21,22). The van der Waals surface area contributed by atoms with Crippen LogP contribution in [0.3, 0.4) is 0 Å². The van der Waals surface area contributed by atoms with Gasteiger partial charge in [-0.2, -0.15) is 0 Å². The molecule has 9 nitrogen and oxygen atoms in total. The van der Waals surface area contributed by atoms with Crippen LogP contribution in [0.2, 0.25) is 0 Å². The molecule has 0 heterocycles. The molecular weight excluding hydrogens is 663 g/mol. The van der Waals surface area contributed by atoms with Crippen molar-refractivity contribution in [2.75, 3.05) is 18.8 Å². The van der Waals surface area contributed by atoms with Crippen LogP contribution < -0.4 is 16.4 Å². The van der Waals surface area contributed by atoms with Gasteiger partial charge >= 0.3 is 11.9 Å². The molecule has 0 fully saturated rings. The zero-order chi connectivity index (χ0) is 18.6. The summed E-state index contributed by atoms with van der Waals surface area (Å²) in [6.45, 7) is -1.17. The SMILES string of the molecule is Nc1c(I)c(C(=O)NCC(=O)O)c(I)c(C(=O)NCC(=O)O)c1I. The van der Waals surface area contributed by atoms with Crippen LogP contribution in [0.4, 0.5) is 5.69 Å². The third kappa shape index (κ3) is 5.04. The van der Waals surface area contributed by atoms with Crippen LogP contribution >= 0.6 is 67.8 Å². The number of amides is 2. The maximum Gasteiger partial charge on any atom is 0.322 e. The summed E-state index contributed by atoms with van der Waals surface area (Å²) in [6.07, 6.45) is 0. The fourth-order valence-electron chi connectivity index (χ4n) is 1.57. The van der Waals surface area contributed by atoms with Crippen LogP contribution in [0.5, 0.6) is 0 Å². The molecule has 0 aliphatic carbocycles. The van der Waals surface area contributed by atoms with Gasteiger partial charge in [0.1, 0.15) is 13.1 Å². The van der Waals surface area contributed by atoms with Gasteiger partial charge in [0, 0.05) is 3.57 Å². The first kappa shape index (κ1) is 21.1. The number of aliphatic carboxylic acids is 2. The number of anilines is 1. The van der Waals surface area contributed by atoms with Crippen molar-refractivity contribution in [3.8, 4) is 0 Å². The molecule has 0 spiro atoms. The van der Waals surface area contributed by atoms with E-state index in [0.29, 0.717) is 7.14 Å². The lowest BCUT2D eigenvalue weighted by molar-refractivity contribution is -0.136. The molecule has 6 N–H and O–H groups in total. The lowest BCUT2D eigenvalue weighted by Gasteiger charge is -2.16. The number of benzene rings is 1. The summed E-state index contributed by atoms with van der Waals surface area (Å²) in [4.78, 5) is 45.6. The van der Waals surface area contributed by atoms with Gasteiger partial charge in [0.15, 0.2) is 0 Å². The molecule has 130 valence electrons. The molecule has 0 saturated heterocycles. The average molecular weight is 673 g/mol. The van der Waals surface area contributed by atoms with Crippen molar-refractivity contribution in [3.05, 3.63) is 21.8 Å². The fraction of sp³-hybridized carbons (Fsp3) is 0.167. The molecule has 1 rings (SSSR count). The zero-order valence-corrected chi connectivity index (χ0v) is 18.1. The van der Waals surface area contributed by atoms with Gasteiger partial charge in [0.25, 0.3) is 11.8 Å². The number of carbonyl (C=O) groups excluding carboxylic acids is 2. The lowest BCUT2D eigenvalue weighted by atomic mass is 10.1. The average Bonchev–Trinajstić information content (AvgIpc) is 2.49. The van der Waals surface area contributed by atoms with E-state index in [-0.39, 0.29) is 20.4 Å². The maximum absolute atomic E-state index is 12.2. The number of hydrogen-bond acceptors (Lipinski definition) is 5.